The molecule has 1 aromatic rings. The third-order valence-corrected chi connectivity index (χ3v) is 3.44. The molecule has 4 nitrogen and oxygen atoms in total. The van der Waals surface area contributed by atoms with Crippen LogP contribution in [0.5, 0.6) is 0 Å². The number of amides is 1. The molecule has 0 atom stereocenters. The smallest absolute Gasteiger partial charge is 0.253 e. The lowest BCUT2D eigenvalue weighted by Gasteiger charge is -2.31. The van der Waals surface area contributed by atoms with Crippen molar-refractivity contribution in [2.24, 2.45) is 5.92 Å². The highest BCUT2D eigenvalue weighted by molar-refractivity contribution is 5.95. The third kappa shape index (κ3) is 3.01. The topological polar surface area (TPSA) is 55.6 Å². The van der Waals surface area contributed by atoms with Crippen molar-refractivity contribution in [2.75, 3.05) is 32.5 Å². The zero-order valence-corrected chi connectivity index (χ0v) is 10.8. The number of ether oxygens (including phenoxy) is 1. The highest BCUT2D eigenvalue weighted by atomic mass is 16.5. The molecule has 1 aromatic carbocycles. The monoisotopic (exact) mass is 248 g/mol. The van der Waals surface area contributed by atoms with E-state index in [0.717, 1.165) is 32.5 Å². The second kappa shape index (κ2) is 5.87. The number of benzene rings is 1. The number of likely N-dealkylation sites (tertiary alicyclic amines) is 1. The summed E-state index contributed by atoms with van der Waals surface area (Å²) in [6.07, 6.45) is 2.03. The number of hydrogen-bond acceptors (Lipinski definition) is 3. The first-order valence-corrected chi connectivity index (χ1v) is 6.34. The van der Waals surface area contributed by atoms with Gasteiger partial charge in [-0.05, 0) is 37.0 Å². The summed E-state index contributed by atoms with van der Waals surface area (Å²) in [6.45, 7) is 2.41. The van der Waals surface area contributed by atoms with E-state index in [1.165, 1.54) is 0 Å². The molecule has 1 heterocycles. The molecule has 1 saturated heterocycles. The van der Waals surface area contributed by atoms with E-state index in [1.54, 1.807) is 19.2 Å². The largest absolute Gasteiger partial charge is 0.399 e. The standard InChI is InChI=1S/C14H20N2O2/c1-18-10-11-5-7-16(8-6-11)14(17)12-3-2-4-13(15)9-12/h2-4,9,11H,5-8,10,15H2,1H3. The fourth-order valence-electron chi connectivity index (χ4n) is 2.39. The summed E-state index contributed by atoms with van der Waals surface area (Å²) in [4.78, 5) is 14.2. The van der Waals surface area contributed by atoms with Gasteiger partial charge in [0.2, 0.25) is 0 Å². The Labute approximate surface area is 108 Å². The van der Waals surface area contributed by atoms with Gasteiger partial charge < -0.3 is 15.4 Å². The van der Waals surface area contributed by atoms with Gasteiger partial charge in [-0.2, -0.15) is 0 Å². The van der Waals surface area contributed by atoms with Crippen LogP contribution in [0.2, 0.25) is 0 Å². The van der Waals surface area contributed by atoms with Crippen LogP contribution in [0.3, 0.4) is 0 Å². The van der Waals surface area contributed by atoms with Crippen LogP contribution in [0.1, 0.15) is 23.2 Å². The lowest BCUT2D eigenvalue weighted by atomic mass is 9.97. The van der Waals surface area contributed by atoms with Gasteiger partial charge in [-0.25, -0.2) is 0 Å². The molecule has 98 valence electrons. The molecule has 0 saturated carbocycles. The van der Waals surface area contributed by atoms with Gasteiger partial charge >= 0.3 is 0 Å². The van der Waals surface area contributed by atoms with Crippen LogP contribution in [0.15, 0.2) is 24.3 Å². The molecule has 0 spiro atoms. The Hall–Kier alpha value is -1.55. The Bertz CT molecular complexity index is 412. The van der Waals surface area contributed by atoms with Gasteiger partial charge in [0.15, 0.2) is 0 Å². The number of anilines is 1. The van der Waals surface area contributed by atoms with Crippen LogP contribution in [-0.2, 0) is 4.74 Å². The minimum atomic E-state index is 0.0816. The van der Waals surface area contributed by atoms with E-state index in [2.05, 4.69) is 0 Å². The molecule has 2 N–H and O–H groups in total. The lowest BCUT2D eigenvalue weighted by Crippen LogP contribution is -2.39. The molecule has 0 aliphatic carbocycles. The van der Waals surface area contributed by atoms with Gasteiger partial charge in [0.05, 0.1) is 0 Å². The normalized spacial score (nSPS) is 16.8. The molecule has 4 heteroatoms. The van der Waals surface area contributed by atoms with Crippen molar-refractivity contribution < 1.29 is 9.53 Å². The van der Waals surface area contributed by atoms with E-state index in [-0.39, 0.29) is 5.91 Å². The fraction of sp³-hybridized carbons (Fsp3) is 0.500. The van der Waals surface area contributed by atoms with Gasteiger partial charge in [-0.3, -0.25) is 4.79 Å². The molecule has 0 bridgehead atoms. The Balaban J connectivity index is 1.95. The summed E-state index contributed by atoms with van der Waals surface area (Å²) < 4.78 is 5.16. The number of hydrogen-bond donors (Lipinski definition) is 1. The number of carbonyl (C=O) groups is 1. The number of piperidine rings is 1. The zero-order chi connectivity index (χ0) is 13.0. The summed E-state index contributed by atoms with van der Waals surface area (Å²) >= 11 is 0. The van der Waals surface area contributed by atoms with Crippen molar-refractivity contribution in [3.05, 3.63) is 29.8 Å². The average molecular weight is 248 g/mol. The first kappa shape index (κ1) is 12.9. The molecular weight excluding hydrogens is 228 g/mol. The van der Waals surface area contributed by atoms with E-state index >= 15 is 0 Å². The molecule has 1 fully saturated rings. The van der Waals surface area contributed by atoms with Crippen molar-refractivity contribution >= 4 is 11.6 Å². The Morgan fingerprint density at radius 2 is 2.17 bits per heavy atom. The zero-order valence-electron chi connectivity index (χ0n) is 10.8. The van der Waals surface area contributed by atoms with E-state index in [9.17, 15) is 4.79 Å². The van der Waals surface area contributed by atoms with Crippen molar-refractivity contribution in [1.82, 2.24) is 4.90 Å². The second-order valence-electron chi connectivity index (χ2n) is 4.82. The van der Waals surface area contributed by atoms with Gasteiger partial charge in [-0.15, -0.1) is 0 Å². The SMILES string of the molecule is COCC1CCN(C(=O)c2cccc(N)c2)CC1. The number of nitrogens with two attached hydrogens (primary N) is 1. The lowest BCUT2D eigenvalue weighted by molar-refractivity contribution is 0.0613. The number of carbonyl (C=O) groups excluding carboxylic acids is 1. The Kier molecular flexibility index (Phi) is 4.20. The molecule has 0 unspecified atom stereocenters. The molecule has 0 radical (unpaired) electrons. The van der Waals surface area contributed by atoms with Crippen molar-refractivity contribution in [1.29, 1.82) is 0 Å². The van der Waals surface area contributed by atoms with Crippen LogP contribution in [-0.4, -0.2) is 37.6 Å². The molecule has 1 aliphatic rings. The maximum atomic E-state index is 12.3. The number of nitrogens with zero attached hydrogens (tertiary/aromatic N) is 1. The molecule has 1 amide bonds. The molecule has 18 heavy (non-hydrogen) atoms. The van der Waals surface area contributed by atoms with E-state index in [4.69, 9.17) is 10.5 Å². The van der Waals surface area contributed by atoms with Crippen molar-refractivity contribution in [3.8, 4) is 0 Å². The molecule has 0 aromatic heterocycles. The highest BCUT2D eigenvalue weighted by Crippen LogP contribution is 2.19. The summed E-state index contributed by atoms with van der Waals surface area (Å²) in [6, 6.07) is 7.17. The predicted octanol–water partition coefficient (Wildman–Crippen LogP) is 1.77. The minimum Gasteiger partial charge on any atom is -0.399 e. The van der Waals surface area contributed by atoms with Crippen LogP contribution >= 0.6 is 0 Å². The second-order valence-corrected chi connectivity index (χ2v) is 4.82. The average Bonchev–Trinajstić information content (AvgIpc) is 2.39. The van der Waals surface area contributed by atoms with Gasteiger partial charge in [-0.1, -0.05) is 6.07 Å². The van der Waals surface area contributed by atoms with Crippen molar-refractivity contribution in [3.63, 3.8) is 0 Å². The minimum absolute atomic E-state index is 0.0816. The quantitative estimate of drug-likeness (QED) is 0.829. The van der Waals surface area contributed by atoms with Crippen LogP contribution < -0.4 is 5.73 Å². The summed E-state index contributed by atoms with van der Waals surface area (Å²) in [5.74, 6) is 0.665. The summed E-state index contributed by atoms with van der Waals surface area (Å²) in [7, 11) is 1.73. The van der Waals surface area contributed by atoms with E-state index in [0.29, 0.717) is 17.2 Å². The molecule has 1 aliphatic heterocycles. The first-order valence-electron chi connectivity index (χ1n) is 6.34. The van der Waals surface area contributed by atoms with E-state index < -0.39 is 0 Å². The first-order chi connectivity index (χ1) is 8.70. The number of rotatable bonds is 3. The van der Waals surface area contributed by atoms with Gasteiger partial charge in [0.1, 0.15) is 0 Å². The third-order valence-electron chi connectivity index (χ3n) is 3.44. The number of methoxy groups -OCH3 is 1. The number of nitrogen functional groups attached to an aromatic ring is 1. The van der Waals surface area contributed by atoms with Gasteiger partial charge in [0.25, 0.3) is 5.91 Å². The maximum absolute atomic E-state index is 12.3. The summed E-state index contributed by atoms with van der Waals surface area (Å²) in [5, 5.41) is 0. The van der Waals surface area contributed by atoms with Crippen LogP contribution in [0, 0.1) is 5.92 Å². The summed E-state index contributed by atoms with van der Waals surface area (Å²) in [5.41, 5.74) is 7.02. The Morgan fingerprint density at radius 3 is 2.78 bits per heavy atom. The predicted molar refractivity (Wildman–Crippen MR) is 71.4 cm³/mol. The highest BCUT2D eigenvalue weighted by Gasteiger charge is 2.23. The fourth-order valence-corrected chi connectivity index (χ4v) is 2.39. The van der Waals surface area contributed by atoms with E-state index in [1.807, 2.05) is 17.0 Å². The van der Waals surface area contributed by atoms with Crippen LogP contribution in [0.25, 0.3) is 0 Å². The van der Waals surface area contributed by atoms with Gasteiger partial charge in [0, 0.05) is 38.1 Å². The van der Waals surface area contributed by atoms with Crippen molar-refractivity contribution in [2.45, 2.75) is 12.8 Å². The van der Waals surface area contributed by atoms with Crippen LogP contribution in [0.4, 0.5) is 5.69 Å². The maximum Gasteiger partial charge on any atom is 0.253 e. The molecule has 2 rings (SSSR count). The Morgan fingerprint density at radius 1 is 1.44 bits per heavy atom. The molecular formula is C14H20N2O2.